The summed E-state index contributed by atoms with van der Waals surface area (Å²) in [5.41, 5.74) is 0. The Labute approximate surface area is 79.9 Å². The molecule has 0 aliphatic carbocycles. The van der Waals surface area contributed by atoms with Gasteiger partial charge in [0.15, 0.2) is 17.4 Å². The first-order valence-electron chi connectivity index (χ1n) is 0. The summed E-state index contributed by atoms with van der Waals surface area (Å²) in [5.74, 6) is 0. The molecule has 0 rings (SSSR count). The van der Waals surface area contributed by atoms with E-state index in [1.807, 2.05) is 0 Å². The molecule has 4 heteroatoms. The van der Waals surface area contributed by atoms with Gasteiger partial charge >= 0.3 is 41.9 Å². The maximum absolute atomic E-state index is 0. The predicted molar refractivity (Wildman–Crippen MR) is 19.0 cm³/mol. The summed E-state index contributed by atoms with van der Waals surface area (Å²) < 4.78 is 0. The minimum atomic E-state index is 0. The molecule has 0 unspecified atom stereocenters. The molecule has 0 saturated carbocycles. The normalized spacial score (nSPS) is 0. The summed E-state index contributed by atoms with van der Waals surface area (Å²) in [6, 6.07) is 0. The van der Waals surface area contributed by atoms with Crippen LogP contribution in [0.5, 0.6) is 0 Å². The minimum absolute atomic E-state index is 0. The zero-order valence-electron chi connectivity index (χ0n) is 5.01. The molecule has 0 aromatic rings. The fraction of sp³-hybridized carbons (Fsp3) is 0. The van der Waals surface area contributed by atoms with Crippen molar-refractivity contribution in [2.24, 2.45) is 0 Å². The molecule has 0 N–H and O–H groups in total. The Hall–Kier alpha value is 2.42. The van der Waals surface area contributed by atoms with Crippen molar-refractivity contribution in [2.45, 2.75) is 0 Å². The third-order valence-electron chi connectivity index (χ3n) is 0. The van der Waals surface area contributed by atoms with Gasteiger partial charge in [0.25, 0.3) is 0 Å². The monoisotopic (exact) mass is 127 g/mol. The second-order valence-electron chi connectivity index (χ2n) is 0. The number of hydrogen-bond donors (Lipinski definition) is 0. The van der Waals surface area contributed by atoms with Crippen LogP contribution in [-0.2, 0) is 17.1 Å². The summed E-state index contributed by atoms with van der Waals surface area (Å²) in [6.45, 7) is 0. The van der Waals surface area contributed by atoms with E-state index < -0.39 is 0 Å². The fourth-order valence-electron chi connectivity index (χ4n) is 0. The first-order chi connectivity index (χ1) is 0. The van der Waals surface area contributed by atoms with Crippen LogP contribution in [-0.4, -0.2) is 40.4 Å². The van der Waals surface area contributed by atoms with E-state index in [0.717, 1.165) is 0 Å². The largest absolute Gasteiger partial charge is 2.00 e. The van der Waals surface area contributed by atoms with E-state index in [-0.39, 0.29) is 80.6 Å². The molecule has 0 amide bonds. The van der Waals surface area contributed by atoms with Crippen LogP contribution >= 0.6 is 0 Å². The van der Waals surface area contributed by atoms with Crippen molar-refractivity contribution in [3.63, 3.8) is 0 Å². The van der Waals surface area contributed by atoms with Gasteiger partial charge in [-0.25, -0.2) is 0 Å². The van der Waals surface area contributed by atoms with Crippen molar-refractivity contribution in [1.82, 2.24) is 0 Å². The van der Waals surface area contributed by atoms with Crippen LogP contribution in [0.3, 0.4) is 0 Å². The van der Waals surface area contributed by atoms with Crippen molar-refractivity contribution in [2.75, 3.05) is 0 Å². The van der Waals surface area contributed by atoms with Crippen LogP contribution in [0.4, 0.5) is 0 Å². The van der Waals surface area contributed by atoms with E-state index in [1.165, 1.54) is 0 Å². The standard InChI is InChI=1S/Al.Cu.Li.Mg.6H/q;;+1;+2;;;;3*-1. The summed E-state index contributed by atoms with van der Waals surface area (Å²) >= 11 is 0. The third kappa shape index (κ3) is 8.83. The molecule has 0 spiro atoms. The Bertz CT molecular complexity index is 14.9. The van der Waals surface area contributed by atoms with Crippen LogP contribution in [0, 0.1) is 0 Å². The van der Waals surface area contributed by atoms with E-state index in [9.17, 15) is 0 Å². The van der Waals surface area contributed by atoms with Crippen molar-refractivity contribution >= 4 is 40.4 Å². The van der Waals surface area contributed by atoms with E-state index in [4.69, 9.17) is 0 Å². The molecule has 4 heavy (non-hydrogen) atoms. The van der Waals surface area contributed by atoms with Crippen molar-refractivity contribution in [3.05, 3.63) is 0 Å². The molecule has 1 radical (unpaired) electrons. The van der Waals surface area contributed by atoms with Gasteiger partial charge in [0.05, 0.1) is 0 Å². The maximum atomic E-state index is 0. The van der Waals surface area contributed by atoms with E-state index >= 15 is 0 Å². The summed E-state index contributed by atoms with van der Waals surface area (Å²) in [6.07, 6.45) is 0. The Morgan fingerprint density at radius 3 is 1.25 bits per heavy atom. The van der Waals surface area contributed by atoms with Crippen LogP contribution in [0.2, 0.25) is 0 Å². The van der Waals surface area contributed by atoms with Gasteiger partial charge in [-0.1, -0.05) is 0 Å². The predicted octanol–water partition coefficient (Wildman–Crippen LogP) is -4.23. The molecule has 0 atom stereocenters. The van der Waals surface area contributed by atoms with Gasteiger partial charge < -0.3 is 4.28 Å². The molecule has 0 heterocycles. The zero-order chi connectivity index (χ0) is 0. The molecular formula is H6AlCuLiMg. The van der Waals surface area contributed by atoms with Gasteiger partial charge in [-0.15, -0.1) is 0 Å². The van der Waals surface area contributed by atoms with Gasteiger partial charge in [-0.3, -0.25) is 0 Å². The molecule has 23 valence electrons. The molecule has 0 saturated heterocycles. The zero-order valence-corrected chi connectivity index (χ0v) is 4.36. The van der Waals surface area contributed by atoms with Crippen LogP contribution in [0.1, 0.15) is 4.28 Å². The Kier molecular flexibility index (Phi) is 146. The Morgan fingerprint density at radius 2 is 1.25 bits per heavy atom. The fourth-order valence-corrected chi connectivity index (χ4v) is 0. The average molecular weight is 128 g/mol. The smallest absolute Gasteiger partial charge is 1.00 e. The molecular weight excluding hydrogens is 122 g/mol. The van der Waals surface area contributed by atoms with Crippen molar-refractivity contribution in [3.8, 4) is 0 Å². The molecule has 0 fully saturated rings. The van der Waals surface area contributed by atoms with E-state index in [0.29, 0.717) is 0 Å². The molecule has 0 aromatic carbocycles. The van der Waals surface area contributed by atoms with Gasteiger partial charge in [0.2, 0.25) is 0 Å². The van der Waals surface area contributed by atoms with Gasteiger partial charge in [-0.2, -0.15) is 0 Å². The third-order valence-corrected chi connectivity index (χ3v) is 0. The van der Waals surface area contributed by atoms with Crippen LogP contribution < -0.4 is 18.9 Å². The number of hydrogen-bond acceptors (Lipinski definition) is 0. The minimum Gasteiger partial charge on any atom is -1.00 e. The van der Waals surface area contributed by atoms with Crippen molar-refractivity contribution < 1.29 is 40.2 Å². The summed E-state index contributed by atoms with van der Waals surface area (Å²) in [7, 11) is 0. The second kappa shape index (κ2) is 18.1. The van der Waals surface area contributed by atoms with Gasteiger partial charge in [-0.05, 0) is 0 Å². The second-order valence-corrected chi connectivity index (χ2v) is 0. The summed E-state index contributed by atoms with van der Waals surface area (Å²) in [5, 5.41) is 0. The molecule has 0 aliphatic heterocycles. The molecule has 0 nitrogen and oxygen atoms in total. The van der Waals surface area contributed by atoms with Crippen LogP contribution in [0.15, 0.2) is 0 Å². The van der Waals surface area contributed by atoms with E-state index in [1.54, 1.807) is 0 Å². The molecule has 0 aliphatic rings. The first-order valence-corrected chi connectivity index (χ1v) is 0. The van der Waals surface area contributed by atoms with Gasteiger partial charge in [0, 0.05) is 17.1 Å². The van der Waals surface area contributed by atoms with Gasteiger partial charge in [0.1, 0.15) is 0 Å². The molecule has 0 bridgehead atoms. The Balaban J connectivity index is 0. The van der Waals surface area contributed by atoms with Crippen molar-refractivity contribution in [1.29, 1.82) is 0 Å². The summed E-state index contributed by atoms with van der Waals surface area (Å²) in [4.78, 5) is 0. The van der Waals surface area contributed by atoms with Crippen LogP contribution in [0.25, 0.3) is 0 Å². The van der Waals surface area contributed by atoms with E-state index in [2.05, 4.69) is 0 Å². The number of rotatable bonds is 0. The SMILES string of the molecule is [AlH3].[Cu].[H-].[H-].[H-].[Li+].[Mg+2]. The maximum Gasteiger partial charge on any atom is 2.00 e. The Morgan fingerprint density at radius 1 is 1.25 bits per heavy atom. The topological polar surface area (TPSA) is 0 Å². The molecule has 0 aromatic heterocycles. The average Bonchev–Trinajstić information content (AvgIpc) is 0. The first kappa shape index (κ1) is 32.2. The quantitative estimate of drug-likeness (QED) is 0.290.